The molecule has 3 rings (SSSR count). The smallest absolute Gasteiger partial charge is 0.279 e. The van der Waals surface area contributed by atoms with Gasteiger partial charge in [-0.15, -0.1) is 0 Å². The molecule has 0 heterocycles. The minimum atomic E-state index is -0.769. The van der Waals surface area contributed by atoms with E-state index < -0.39 is 17.9 Å². The highest BCUT2D eigenvalue weighted by atomic mass is 16.5. The molecule has 0 aliphatic rings. The first-order valence-corrected chi connectivity index (χ1v) is 9.90. The van der Waals surface area contributed by atoms with Crippen molar-refractivity contribution in [1.29, 1.82) is 0 Å². The van der Waals surface area contributed by atoms with Crippen molar-refractivity contribution in [2.24, 2.45) is 0 Å². The highest BCUT2D eigenvalue weighted by Gasteiger charge is 2.16. The molecule has 1 unspecified atom stereocenters. The predicted molar refractivity (Wildman–Crippen MR) is 116 cm³/mol. The Balaban J connectivity index is 1.46. The van der Waals surface area contributed by atoms with E-state index in [1.54, 1.807) is 13.0 Å². The third-order valence-electron chi connectivity index (χ3n) is 4.66. The maximum Gasteiger partial charge on any atom is 0.279 e. The summed E-state index contributed by atoms with van der Waals surface area (Å²) in [6, 6.07) is 21.0. The number of ether oxygens (including phenoxy) is 2. The minimum Gasteiger partial charge on any atom is -0.483 e. The lowest BCUT2D eigenvalue weighted by Crippen LogP contribution is -2.48. The second-order valence-electron chi connectivity index (χ2n) is 7.29. The van der Waals surface area contributed by atoms with Crippen LogP contribution >= 0.6 is 0 Å². The predicted octanol–water partition coefficient (Wildman–Crippen LogP) is 3.96. The van der Waals surface area contributed by atoms with E-state index in [1.165, 1.54) is 5.56 Å². The highest BCUT2D eigenvalue weighted by molar-refractivity contribution is 5.89. The molecule has 6 nitrogen and oxygen atoms in total. The summed E-state index contributed by atoms with van der Waals surface area (Å²) >= 11 is 0. The van der Waals surface area contributed by atoms with Gasteiger partial charge >= 0.3 is 0 Å². The molecular weight excluding hydrogens is 380 g/mol. The maximum absolute atomic E-state index is 12.2. The third-order valence-corrected chi connectivity index (χ3v) is 4.66. The second-order valence-corrected chi connectivity index (χ2v) is 7.29. The van der Waals surface area contributed by atoms with Crippen molar-refractivity contribution in [2.75, 3.05) is 6.61 Å². The van der Waals surface area contributed by atoms with Gasteiger partial charge in [0.05, 0.1) is 0 Å². The fourth-order valence-electron chi connectivity index (χ4n) is 2.92. The van der Waals surface area contributed by atoms with Crippen LogP contribution in [0, 0.1) is 0 Å². The molecule has 0 radical (unpaired) electrons. The number of hydrogen-bond acceptors (Lipinski definition) is 4. The number of amides is 2. The van der Waals surface area contributed by atoms with Crippen LogP contribution in [0.5, 0.6) is 11.5 Å². The molecule has 0 aliphatic heterocycles. The summed E-state index contributed by atoms with van der Waals surface area (Å²) in [5.41, 5.74) is 5.90. The number of carbonyl (C=O) groups excluding carboxylic acids is 2. The number of hydrazine groups is 1. The highest BCUT2D eigenvalue weighted by Crippen LogP contribution is 2.25. The Labute approximate surface area is 176 Å². The summed E-state index contributed by atoms with van der Waals surface area (Å²) in [5, 5.41) is 1.94. The summed E-state index contributed by atoms with van der Waals surface area (Å²) in [6.07, 6.45) is -0.769. The van der Waals surface area contributed by atoms with Crippen LogP contribution in [0.1, 0.15) is 32.3 Å². The van der Waals surface area contributed by atoms with Gasteiger partial charge in [0.2, 0.25) is 0 Å². The van der Waals surface area contributed by atoms with Gasteiger partial charge < -0.3 is 9.47 Å². The Morgan fingerprint density at radius 2 is 1.57 bits per heavy atom. The summed E-state index contributed by atoms with van der Waals surface area (Å²) < 4.78 is 11.2. The Morgan fingerprint density at radius 1 is 0.867 bits per heavy atom. The first-order valence-electron chi connectivity index (χ1n) is 9.90. The summed E-state index contributed by atoms with van der Waals surface area (Å²) in [6.45, 7) is 5.61. The molecular formula is C24H26N2O4. The molecule has 0 bridgehead atoms. The standard InChI is InChI=1S/C24H26N2O4/c1-16(2)18-11-13-20(14-12-18)30-17(3)24(28)26-25-23(27)15-29-22-10-6-8-19-7-4-5-9-21(19)22/h4-14,16-17H,15H2,1-3H3,(H,25,27)(H,26,28). The lowest BCUT2D eigenvalue weighted by molar-refractivity contribution is -0.133. The molecule has 2 amide bonds. The van der Waals surface area contributed by atoms with E-state index in [1.807, 2.05) is 60.7 Å². The molecule has 0 aliphatic carbocycles. The van der Waals surface area contributed by atoms with Crippen LogP contribution in [-0.2, 0) is 9.59 Å². The molecule has 0 spiro atoms. The topological polar surface area (TPSA) is 76.7 Å². The Kier molecular flexibility index (Phi) is 6.91. The van der Waals surface area contributed by atoms with Gasteiger partial charge in [0.1, 0.15) is 11.5 Å². The zero-order valence-electron chi connectivity index (χ0n) is 17.3. The maximum atomic E-state index is 12.2. The number of carbonyl (C=O) groups is 2. The van der Waals surface area contributed by atoms with Crippen molar-refractivity contribution in [3.8, 4) is 11.5 Å². The Hall–Kier alpha value is -3.54. The van der Waals surface area contributed by atoms with Gasteiger partial charge in [-0.2, -0.15) is 0 Å². The second kappa shape index (κ2) is 9.78. The molecule has 30 heavy (non-hydrogen) atoms. The largest absolute Gasteiger partial charge is 0.483 e. The Bertz CT molecular complexity index is 1010. The first kappa shape index (κ1) is 21.2. The van der Waals surface area contributed by atoms with Crippen LogP contribution in [0.15, 0.2) is 66.7 Å². The van der Waals surface area contributed by atoms with E-state index in [-0.39, 0.29) is 6.61 Å². The molecule has 6 heteroatoms. The van der Waals surface area contributed by atoms with Crippen molar-refractivity contribution in [3.63, 3.8) is 0 Å². The van der Waals surface area contributed by atoms with Crippen LogP contribution in [0.2, 0.25) is 0 Å². The van der Waals surface area contributed by atoms with Crippen molar-refractivity contribution < 1.29 is 19.1 Å². The van der Waals surface area contributed by atoms with Crippen LogP contribution in [0.25, 0.3) is 10.8 Å². The van der Waals surface area contributed by atoms with E-state index in [4.69, 9.17) is 9.47 Å². The molecule has 3 aromatic carbocycles. The number of rotatable bonds is 7. The first-order chi connectivity index (χ1) is 14.4. The normalized spacial score (nSPS) is 11.7. The summed E-state index contributed by atoms with van der Waals surface area (Å²) in [4.78, 5) is 24.2. The number of benzene rings is 3. The van der Waals surface area contributed by atoms with Gasteiger partial charge in [0, 0.05) is 5.39 Å². The van der Waals surface area contributed by atoms with E-state index in [2.05, 4.69) is 24.7 Å². The fourth-order valence-corrected chi connectivity index (χ4v) is 2.92. The molecule has 0 saturated heterocycles. The summed E-state index contributed by atoms with van der Waals surface area (Å²) in [5.74, 6) is 0.695. The van der Waals surface area contributed by atoms with Crippen molar-refractivity contribution >= 4 is 22.6 Å². The molecule has 1 atom stereocenters. The van der Waals surface area contributed by atoms with Gasteiger partial charge in [-0.3, -0.25) is 20.4 Å². The van der Waals surface area contributed by atoms with E-state index >= 15 is 0 Å². The van der Waals surface area contributed by atoms with Crippen molar-refractivity contribution in [2.45, 2.75) is 32.8 Å². The van der Waals surface area contributed by atoms with Gasteiger partial charge in [0.25, 0.3) is 11.8 Å². The van der Waals surface area contributed by atoms with Crippen LogP contribution < -0.4 is 20.3 Å². The monoisotopic (exact) mass is 406 g/mol. The zero-order valence-corrected chi connectivity index (χ0v) is 17.3. The molecule has 2 N–H and O–H groups in total. The quantitative estimate of drug-likeness (QED) is 0.583. The molecule has 0 saturated carbocycles. The molecule has 0 fully saturated rings. The average Bonchev–Trinajstić information content (AvgIpc) is 2.76. The minimum absolute atomic E-state index is 0.222. The van der Waals surface area contributed by atoms with Gasteiger partial charge in [-0.05, 0) is 42.0 Å². The molecule has 0 aromatic heterocycles. The van der Waals surface area contributed by atoms with Crippen molar-refractivity contribution in [3.05, 3.63) is 72.3 Å². The van der Waals surface area contributed by atoms with Crippen LogP contribution in [0.3, 0.4) is 0 Å². The van der Waals surface area contributed by atoms with Crippen LogP contribution in [0.4, 0.5) is 0 Å². The fraction of sp³-hybridized carbons (Fsp3) is 0.250. The van der Waals surface area contributed by atoms with E-state index in [0.717, 1.165) is 10.8 Å². The zero-order chi connectivity index (χ0) is 21.5. The Morgan fingerprint density at radius 3 is 2.30 bits per heavy atom. The lowest BCUT2D eigenvalue weighted by Gasteiger charge is -2.16. The average molecular weight is 406 g/mol. The van der Waals surface area contributed by atoms with Crippen LogP contribution in [-0.4, -0.2) is 24.5 Å². The number of fused-ring (bicyclic) bond motifs is 1. The molecule has 3 aromatic rings. The molecule has 156 valence electrons. The van der Waals surface area contributed by atoms with E-state index in [0.29, 0.717) is 17.4 Å². The van der Waals surface area contributed by atoms with Gasteiger partial charge in [-0.25, -0.2) is 0 Å². The lowest BCUT2D eigenvalue weighted by atomic mass is 10.0. The SMILES string of the molecule is CC(Oc1ccc(C(C)C)cc1)C(=O)NNC(=O)COc1cccc2ccccc12. The summed E-state index contributed by atoms with van der Waals surface area (Å²) in [7, 11) is 0. The third kappa shape index (κ3) is 5.50. The van der Waals surface area contributed by atoms with Gasteiger partial charge in [-0.1, -0.05) is 62.4 Å². The number of nitrogens with one attached hydrogen (secondary N) is 2. The number of hydrogen-bond donors (Lipinski definition) is 2. The van der Waals surface area contributed by atoms with E-state index in [9.17, 15) is 9.59 Å². The van der Waals surface area contributed by atoms with Gasteiger partial charge in [0.15, 0.2) is 12.7 Å². The van der Waals surface area contributed by atoms with Crippen molar-refractivity contribution in [1.82, 2.24) is 10.9 Å².